The van der Waals surface area contributed by atoms with Gasteiger partial charge in [-0.25, -0.2) is 0 Å². The lowest BCUT2D eigenvalue weighted by molar-refractivity contribution is -0.132. The van der Waals surface area contributed by atoms with E-state index in [0.29, 0.717) is 12.8 Å². The smallest absolute Gasteiger partial charge is 0.222 e. The van der Waals surface area contributed by atoms with E-state index >= 15 is 0 Å². The highest BCUT2D eigenvalue weighted by atomic mass is 16.2. The van der Waals surface area contributed by atoms with Crippen LogP contribution in [0.4, 0.5) is 0 Å². The highest BCUT2D eigenvalue weighted by Crippen LogP contribution is 2.13. The molecule has 126 valence electrons. The van der Waals surface area contributed by atoms with Crippen LogP contribution in [0.1, 0.15) is 50.2 Å². The van der Waals surface area contributed by atoms with Crippen molar-refractivity contribution in [2.24, 2.45) is 0 Å². The molecule has 0 spiro atoms. The van der Waals surface area contributed by atoms with Gasteiger partial charge in [0.2, 0.25) is 11.8 Å². The van der Waals surface area contributed by atoms with Gasteiger partial charge in [-0.2, -0.15) is 0 Å². The van der Waals surface area contributed by atoms with Gasteiger partial charge in [0.1, 0.15) is 0 Å². The number of benzene rings is 1. The molecule has 0 aromatic heterocycles. The molecule has 1 aromatic carbocycles. The molecule has 1 fully saturated rings. The number of carbonyl (C=O) groups is 2. The van der Waals surface area contributed by atoms with Crippen molar-refractivity contribution in [3.05, 3.63) is 35.4 Å². The second-order valence-electron chi connectivity index (χ2n) is 6.40. The molecule has 23 heavy (non-hydrogen) atoms. The first-order valence-corrected chi connectivity index (χ1v) is 8.71. The summed E-state index contributed by atoms with van der Waals surface area (Å²) in [6.45, 7) is 5.64. The monoisotopic (exact) mass is 316 g/mol. The fourth-order valence-electron chi connectivity index (χ4n) is 3.08. The third-order valence-corrected chi connectivity index (χ3v) is 4.56. The maximum atomic E-state index is 12.1. The Hall–Kier alpha value is -1.84. The van der Waals surface area contributed by atoms with E-state index in [0.717, 1.165) is 38.8 Å². The van der Waals surface area contributed by atoms with Gasteiger partial charge in [-0.05, 0) is 43.7 Å². The number of carbonyl (C=O) groups excluding carboxylic acids is 2. The number of amides is 2. The van der Waals surface area contributed by atoms with Gasteiger partial charge in [0.25, 0.3) is 0 Å². The van der Waals surface area contributed by atoms with Crippen LogP contribution in [-0.2, 0) is 16.0 Å². The van der Waals surface area contributed by atoms with Crippen molar-refractivity contribution >= 4 is 11.8 Å². The molecule has 2 rings (SSSR count). The molecule has 0 radical (unpaired) electrons. The number of nitrogens with zero attached hydrogens (tertiary/aromatic N) is 1. The summed E-state index contributed by atoms with van der Waals surface area (Å²) in [5.41, 5.74) is 2.48. The van der Waals surface area contributed by atoms with Crippen molar-refractivity contribution in [1.82, 2.24) is 10.2 Å². The van der Waals surface area contributed by atoms with E-state index in [-0.39, 0.29) is 17.9 Å². The van der Waals surface area contributed by atoms with Crippen LogP contribution in [0.25, 0.3) is 0 Å². The summed E-state index contributed by atoms with van der Waals surface area (Å²) in [5, 5.41) is 3.12. The molecule has 0 atom stereocenters. The number of hydrogen-bond acceptors (Lipinski definition) is 2. The van der Waals surface area contributed by atoms with Crippen molar-refractivity contribution in [3.8, 4) is 0 Å². The Labute approximate surface area is 139 Å². The summed E-state index contributed by atoms with van der Waals surface area (Å²) >= 11 is 0. The van der Waals surface area contributed by atoms with Crippen LogP contribution in [0.15, 0.2) is 24.3 Å². The topological polar surface area (TPSA) is 49.4 Å². The van der Waals surface area contributed by atoms with Gasteiger partial charge in [-0.3, -0.25) is 9.59 Å². The van der Waals surface area contributed by atoms with Crippen molar-refractivity contribution in [2.45, 2.75) is 58.4 Å². The molecule has 1 aliphatic rings. The first kappa shape index (κ1) is 17.5. The number of rotatable bonds is 6. The van der Waals surface area contributed by atoms with Gasteiger partial charge in [0.05, 0.1) is 0 Å². The van der Waals surface area contributed by atoms with E-state index in [2.05, 4.69) is 24.4 Å². The van der Waals surface area contributed by atoms with E-state index in [9.17, 15) is 9.59 Å². The molecule has 1 saturated heterocycles. The SMILES string of the molecule is CCCC(=O)N1CCC(NC(=O)CCc2ccccc2C)CC1. The minimum absolute atomic E-state index is 0.117. The average Bonchev–Trinajstić information content (AvgIpc) is 2.55. The molecule has 1 N–H and O–H groups in total. The maximum absolute atomic E-state index is 12.1. The van der Waals surface area contributed by atoms with E-state index < -0.39 is 0 Å². The van der Waals surface area contributed by atoms with Gasteiger partial charge in [0, 0.05) is 32.0 Å². The molecule has 1 heterocycles. The molecular weight excluding hydrogens is 288 g/mol. The number of aryl methyl sites for hydroxylation is 2. The highest BCUT2D eigenvalue weighted by molar-refractivity contribution is 5.77. The minimum Gasteiger partial charge on any atom is -0.353 e. The summed E-state index contributed by atoms with van der Waals surface area (Å²) in [5.74, 6) is 0.364. The molecule has 0 aliphatic carbocycles. The predicted molar refractivity (Wildman–Crippen MR) is 92.2 cm³/mol. The highest BCUT2D eigenvalue weighted by Gasteiger charge is 2.23. The third-order valence-electron chi connectivity index (χ3n) is 4.56. The summed E-state index contributed by atoms with van der Waals surface area (Å²) in [7, 11) is 0. The molecular formula is C19H28N2O2. The Kier molecular flexibility index (Phi) is 6.63. The molecule has 1 aliphatic heterocycles. The summed E-state index contributed by atoms with van der Waals surface area (Å²) < 4.78 is 0. The van der Waals surface area contributed by atoms with E-state index in [1.165, 1.54) is 11.1 Å². The molecule has 0 bridgehead atoms. The van der Waals surface area contributed by atoms with Crippen molar-refractivity contribution in [2.75, 3.05) is 13.1 Å². The van der Waals surface area contributed by atoms with Crippen LogP contribution >= 0.6 is 0 Å². The maximum Gasteiger partial charge on any atom is 0.222 e. The van der Waals surface area contributed by atoms with Gasteiger partial charge >= 0.3 is 0 Å². The number of likely N-dealkylation sites (tertiary alicyclic amines) is 1. The van der Waals surface area contributed by atoms with E-state index in [1.807, 2.05) is 24.0 Å². The zero-order valence-corrected chi connectivity index (χ0v) is 14.3. The predicted octanol–water partition coefficient (Wildman–Crippen LogP) is 2.83. The first-order valence-electron chi connectivity index (χ1n) is 8.71. The van der Waals surface area contributed by atoms with Crippen molar-refractivity contribution in [3.63, 3.8) is 0 Å². The summed E-state index contributed by atoms with van der Waals surface area (Å²) in [6.07, 6.45) is 4.57. The van der Waals surface area contributed by atoms with Crippen LogP contribution in [0.3, 0.4) is 0 Å². The summed E-state index contributed by atoms with van der Waals surface area (Å²) in [6, 6.07) is 8.41. The van der Waals surface area contributed by atoms with E-state index in [1.54, 1.807) is 0 Å². The Morgan fingerprint density at radius 2 is 1.87 bits per heavy atom. The van der Waals surface area contributed by atoms with Crippen LogP contribution in [0.5, 0.6) is 0 Å². The normalized spacial score (nSPS) is 15.5. The number of nitrogens with one attached hydrogen (secondary N) is 1. The fourth-order valence-corrected chi connectivity index (χ4v) is 3.08. The van der Waals surface area contributed by atoms with E-state index in [4.69, 9.17) is 0 Å². The third kappa shape index (κ3) is 5.38. The Morgan fingerprint density at radius 1 is 1.17 bits per heavy atom. The van der Waals surface area contributed by atoms with Gasteiger partial charge in [-0.15, -0.1) is 0 Å². The van der Waals surface area contributed by atoms with Crippen LogP contribution in [0, 0.1) is 6.92 Å². The van der Waals surface area contributed by atoms with Gasteiger partial charge in [0.15, 0.2) is 0 Å². The van der Waals surface area contributed by atoms with Crippen molar-refractivity contribution < 1.29 is 9.59 Å². The number of hydrogen-bond donors (Lipinski definition) is 1. The van der Waals surface area contributed by atoms with Crippen LogP contribution < -0.4 is 5.32 Å². The quantitative estimate of drug-likeness (QED) is 0.877. The second-order valence-corrected chi connectivity index (χ2v) is 6.40. The molecule has 0 unspecified atom stereocenters. The Balaban J connectivity index is 1.71. The zero-order chi connectivity index (χ0) is 16.7. The van der Waals surface area contributed by atoms with Crippen LogP contribution in [0.2, 0.25) is 0 Å². The molecule has 4 nitrogen and oxygen atoms in total. The lowest BCUT2D eigenvalue weighted by Crippen LogP contribution is -2.46. The lowest BCUT2D eigenvalue weighted by Gasteiger charge is -2.32. The first-order chi connectivity index (χ1) is 11.1. The average molecular weight is 316 g/mol. The largest absolute Gasteiger partial charge is 0.353 e. The van der Waals surface area contributed by atoms with Crippen molar-refractivity contribution in [1.29, 1.82) is 0 Å². The molecule has 0 saturated carbocycles. The zero-order valence-electron chi connectivity index (χ0n) is 14.3. The standard InChI is InChI=1S/C19H28N2O2/c1-3-6-19(23)21-13-11-17(12-14-21)20-18(22)10-9-16-8-5-4-7-15(16)2/h4-5,7-8,17H,3,6,9-14H2,1-2H3,(H,20,22). The minimum atomic E-state index is 0.117. The Bertz CT molecular complexity index is 534. The molecule has 1 aromatic rings. The molecule has 4 heteroatoms. The lowest BCUT2D eigenvalue weighted by atomic mass is 10.0. The van der Waals surface area contributed by atoms with Crippen LogP contribution in [-0.4, -0.2) is 35.8 Å². The Morgan fingerprint density at radius 3 is 2.52 bits per heavy atom. The molecule has 2 amide bonds. The summed E-state index contributed by atoms with van der Waals surface area (Å²) in [4.78, 5) is 25.9. The fraction of sp³-hybridized carbons (Fsp3) is 0.579. The second kappa shape index (κ2) is 8.70. The van der Waals surface area contributed by atoms with Gasteiger partial charge < -0.3 is 10.2 Å². The van der Waals surface area contributed by atoms with Gasteiger partial charge in [-0.1, -0.05) is 31.2 Å². The number of piperidine rings is 1.